The average Bonchev–Trinajstić information content (AvgIpc) is 3.83. The third-order valence-electron chi connectivity index (χ3n) is 13.9. The molecule has 2 aromatic carbocycles. The molecule has 1 N–H and O–H groups in total. The Bertz CT molecular complexity index is 2180. The molecule has 8 rings (SSSR count). The van der Waals surface area contributed by atoms with E-state index < -0.39 is 37.2 Å². The molecule has 2 bridgehead atoms. The van der Waals surface area contributed by atoms with E-state index in [1.807, 2.05) is 12.1 Å². The number of hydrogen-bond donors (Lipinski definition) is 1. The molecule has 0 amide bonds. The number of ether oxygens (including phenoxy) is 1. The first-order chi connectivity index (χ1) is 28.4. The topological polar surface area (TPSA) is 78.3 Å². The standard InChI is InChI=1S/C47H59Cl2F3N4O3Si/c1-8-58-43(57)45-16-19-46(20-17-45,21-18-45)56-42(47(50,51)52)36(26-55-56)40-34-22-30-14-12-13-15-32(30)33(34)23-31(35(40)25-54-29-44(5,6)7)24-39(59-60(9-2,10-3)11-4)41-37(48)27-53-28-38(41)49/h12-15,23,26-28,39,54H,8-11,16-22,24-25,29H2,1-7H3. The summed E-state index contributed by atoms with van der Waals surface area (Å²) in [5.74, 6) is -0.233. The Hall–Kier alpha value is -3.22. The van der Waals surface area contributed by atoms with Crippen molar-refractivity contribution in [1.29, 1.82) is 0 Å². The number of alkyl halides is 3. The second-order valence-corrected chi connectivity index (χ2v) is 24.1. The third-order valence-corrected chi connectivity index (χ3v) is 19.1. The molecule has 1 unspecified atom stereocenters. The van der Waals surface area contributed by atoms with Gasteiger partial charge in [0.25, 0.3) is 0 Å². The summed E-state index contributed by atoms with van der Waals surface area (Å²) in [6.45, 7) is 16.0. The summed E-state index contributed by atoms with van der Waals surface area (Å²) in [6, 6.07) is 12.9. The minimum Gasteiger partial charge on any atom is -0.466 e. The number of rotatable bonds is 15. The van der Waals surface area contributed by atoms with Crippen LogP contribution in [0.1, 0.15) is 127 Å². The lowest BCUT2D eigenvalue weighted by molar-refractivity contribution is -0.168. The number of fused-ring (bicyclic) bond motifs is 6. The van der Waals surface area contributed by atoms with Crippen LogP contribution in [0.4, 0.5) is 13.2 Å². The average molecular weight is 884 g/mol. The van der Waals surface area contributed by atoms with Crippen LogP contribution in [0.15, 0.2) is 48.9 Å². The van der Waals surface area contributed by atoms with Crippen LogP contribution in [0.3, 0.4) is 0 Å². The van der Waals surface area contributed by atoms with Crippen molar-refractivity contribution in [2.75, 3.05) is 13.2 Å². The summed E-state index contributed by atoms with van der Waals surface area (Å²) < 4.78 is 62.3. The van der Waals surface area contributed by atoms with E-state index in [1.54, 1.807) is 19.3 Å². The molecule has 0 aliphatic heterocycles. The molecule has 324 valence electrons. The summed E-state index contributed by atoms with van der Waals surface area (Å²) in [6.07, 6.45) is 2.83. The first-order valence-corrected chi connectivity index (χ1v) is 25.0. The number of halogens is 5. The molecule has 2 heterocycles. The van der Waals surface area contributed by atoms with Crippen molar-refractivity contribution in [3.8, 4) is 22.3 Å². The van der Waals surface area contributed by atoms with Crippen LogP contribution in [0.25, 0.3) is 22.3 Å². The van der Waals surface area contributed by atoms with E-state index in [0.717, 1.165) is 51.5 Å². The maximum Gasteiger partial charge on any atom is 0.433 e. The highest BCUT2D eigenvalue weighted by Crippen LogP contribution is 2.58. The van der Waals surface area contributed by atoms with Gasteiger partial charge in [0.15, 0.2) is 14.0 Å². The second kappa shape index (κ2) is 17.2. The number of hydrogen-bond acceptors (Lipinski definition) is 6. The van der Waals surface area contributed by atoms with E-state index >= 15 is 13.2 Å². The summed E-state index contributed by atoms with van der Waals surface area (Å²) in [5.41, 5.74) is 4.47. The minimum absolute atomic E-state index is 0.0833. The van der Waals surface area contributed by atoms with E-state index in [0.29, 0.717) is 85.6 Å². The zero-order chi connectivity index (χ0) is 43.3. The van der Waals surface area contributed by atoms with Crippen molar-refractivity contribution in [1.82, 2.24) is 20.1 Å². The van der Waals surface area contributed by atoms with Crippen molar-refractivity contribution in [2.24, 2.45) is 10.8 Å². The van der Waals surface area contributed by atoms with Crippen molar-refractivity contribution in [3.05, 3.63) is 92.5 Å². The van der Waals surface area contributed by atoms with Crippen LogP contribution in [0, 0.1) is 10.8 Å². The van der Waals surface area contributed by atoms with Gasteiger partial charge in [0, 0.05) is 43.0 Å². The van der Waals surface area contributed by atoms with Gasteiger partial charge in [-0.3, -0.25) is 14.5 Å². The van der Waals surface area contributed by atoms with Crippen LogP contribution in [0.2, 0.25) is 28.2 Å². The zero-order valence-electron chi connectivity index (χ0n) is 36.1. The highest BCUT2D eigenvalue weighted by molar-refractivity contribution is 6.73. The van der Waals surface area contributed by atoms with Gasteiger partial charge in [-0.05, 0) is 114 Å². The van der Waals surface area contributed by atoms with Gasteiger partial charge in [-0.2, -0.15) is 18.3 Å². The highest BCUT2D eigenvalue weighted by atomic mass is 35.5. The molecular weight excluding hydrogens is 825 g/mol. The Balaban J connectivity index is 1.46. The predicted molar refractivity (Wildman–Crippen MR) is 236 cm³/mol. The Morgan fingerprint density at radius 1 is 0.917 bits per heavy atom. The van der Waals surface area contributed by atoms with Gasteiger partial charge in [0.05, 0.1) is 39.9 Å². The summed E-state index contributed by atoms with van der Waals surface area (Å²) in [4.78, 5) is 17.4. The number of aromatic nitrogens is 3. The SMILES string of the molecule is CCOC(=O)C12CCC(n3ncc(-c4c(CNCC(C)(C)C)c(CC(O[Si](CC)(CC)CC)c5c(Cl)cncc5Cl)cc5c4Cc4ccccc4-5)c3C(F)(F)F)(CC1)CC2. The van der Waals surface area contributed by atoms with Crippen LogP contribution in [-0.2, 0) is 45.1 Å². The summed E-state index contributed by atoms with van der Waals surface area (Å²) in [7, 11) is -2.31. The number of nitrogens with zero attached hydrogens (tertiary/aromatic N) is 3. The van der Waals surface area contributed by atoms with Gasteiger partial charge in [0.1, 0.15) is 0 Å². The molecule has 1 atom stereocenters. The molecule has 2 aromatic heterocycles. The fraction of sp³-hybridized carbons (Fsp3) is 0.553. The van der Waals surface area contributed by atoms with Crippen LogP contribution >= 0.6 is 23.2 Å². The number of carbonyl (C=O) groups is 1. The van der Waals surface area contributed by atoms with Gasteiger partial charge in [-0.1, -0.05) is 95.1 Å². The van der Waals surface area contributed by atoms with Gasteiger partial charge < -0.3 is 14.5 Å². The zero-order valence-corrected chi connectivity index (χ0v) is 38.6. The van der Waals surface area contributed by atoms with Crippen LogP contribution < -0.4 is 5.32 Å². The molecule has 0 spiro atoms. The van der Waals surface area contributed by atoms with Crippen molar-refractivity contribution < 1.29 is 27.1 Å². The fourth-order valence-corrected chi connectivity index (χ4v) is 13.7. The van der Waals surface area contributed by atoms with E-state index in [1.165, 1.54) is 10.9 Å². The maximum absolute atomic E-state index is 16.1. The molecule has 4 aliphatic rings. The Morgan fingerprint density at radius 3 is 2.13 bits per heavy atom. The smallest absolute Gasteiger partial charge is 0.433 e. The first-order valence-electron chi connectivity index (χ1n) is 21.7. The fourth-order valence-electron chi connectivity index (χ4n) is 10.3. The maximum atomic E-state index is 16.1. The quantitative estimate of drug-likeness (QED) is 0.0833. The van der Waals surface area contributed by atoms with E-state index in [9.17, 15) is 4.79 Å². The van der Waals surface area contributed by atoms with Crippen LogP contribution in [0.5, 0.6) is 0 Å². The Labute approximate surface area is 364 Å². The van der Waals surface area contributed by atoms with Gasteiger partial charge >= 0.3 is 12.1 Å². The predicted octanol–water partition coefficient (Wildman–Crippen LogP) is 12.9. The second-order valence-electron chi connectivity index (χ2n) is 18.5. The van der Waals surface area contributed by atoms with Crippen molar-refractivity contribution >= 4 is 37.5 Å². The lowest BCUT2D eigenvalue weighted by Crippen LogP contribution is -2.52. The lowest BCUT2D eigenvalue weighted by Gasteiger charge is -2.52. The normalized spacial score (nSPS) is 20.6. The molecule has 3 fully saturated rings. The molecule has 13 heteroatoms. The number of nitrogens with one attached hydrogen (secondary N) is 1. The largest absolute Gasteiger partial charge is 0.466 e. The number of carbonyl (C=O) groups excluding carboxylic acids is 1. The van der Waals surface area contributed by atoms with Crippen LogP contribution in [-0.4, -0.2) is 42.2 Å². The van der Waals surface area contributed by atoms with Gasteiger partial charge in [-0.15, -0.1) is 0 Å². The van der Waals surface area contributed by atoms with E-state index in [4.69, 9.17) is 37.5 Å². The molecule has 7 nitrogen and oxygen atoms in total. The Morgan fingerprint density at radius 2 is 1.55 bits per heavy atom. The number of pyridine rings is 1. The summed E-state index contributed by atoms with van der Waals surface area (Å²) in [5, 5.41) is 9.17. The first kappa shape index (κ1) is 44.8. The molecule has 60 heavy (non-hydrogen) atoms. The van der Waals surface area contributed by atoms with E-state index in [-0.39, 0.29) is 23.6 Å². The highest BCUT2D eigenvalue weighted by Gasteiger charge is 2.57. The Kier molecular flexibility index (Phi) is 12.8. The molecular formula is C47H59Cl2F3N4O3Si. The monoisotopic (exact) mass is 882 g/mol. The molecule has 0 radical (unpaired) electrons. The lowest BCUT2D eigenvalue weighted by atomic mass is 9.57. The van der Waals surface area contributed by atoms with E-state index in [2.05, 4.69) is 70.0 Å². The van der Waals surface area contributed by atoms with Gasteiger partial charge in [0.2, 0.25) is 0 Å². The molecule has 3 saturated carbocycles. The molecule has 0 saturated heterocycles. The summed E-state index contributed by atoms with van der Waals surface area (Å²) >= 11 is 13.9. The molecule has 4 aliphatic carbocycles. The van der Waals surface area contributed by atoms with Crippen molar-refractivity contribution in [2.45, 2.75) is 142 Å². The van der Waals surface area contributed by atoms with Gasteiger partial charge in [-0.25, -0.2) is 0 Å². The third kappa shape index (κ3) is 8.35. The molecule has 4 aromatic rings. The van der Waals surface area contributed by atoms with Crippen molar-refractivity contribution in [3.63, 3.8) is 0 Å². The number of esters is 1. The number of benzene rings is 2. The minimum atomic E-state index is -4.73.